The van der Waals surface area contributed by atoms with E-state index in [0.29, 0.717) is 0 Å². The Labute approximate surface area is 118 Å². The Morgan fingerprint density at radius 1 is 1.39 bits per heavy atom. The average molecular weight is 288 g/mol. The van der Waals surface area contributed by atoms with Crippen molar-refractivity contribution in [3.63, 3.8) is 0 Å². The van der Waals surface area contributed by atoms with E-state index in [9.17, 15) is 0 Å². The van der Waals surface area contributed by atoms with E-state index in [0.717, 1.165) is 24.3 Å². The van der Waals surface area contributed by atoms with Crippen LogP contribution in [0.5, 0.6) is 0 Å². The SMILES string of the molecule is COC1(C(N)Cc2sccc2Cl)CCCCCC1. The van der Waals surface area contributed by atoms with Gasteiger partial charge in [0.05, 0.1) is 10.6 Å². The zero-order valence-corrected chi connectivity index (χ0v) is 12.5. The lowest BCUT2D eigenvalue weighted by Crippen LogP contribution is -2.50. The molecule has 1 aromatic heterocycles. The summed E-state index contributed by atoms with van der Waals surface area (Å²) in [6, 6.07) is 1.98. The smallest absolute Gasteiger partial charge is 0.0832 e. The van der Waals surface area contributed by atoms with E-state index < -0.39 is 0 Å². The van der Waals surface area contributed by atoms with Crippen LogP contribution in [0.4, 0.5) is 0 Å². The van der Waals surface area contributed by atoms with Crippen molar-refractivity contribution in [2.45, 2.75) is 56.6 Å². The summed E-state index contributed by atoms with van der Waals surface area (Å²) >= 11 is 7.85. The Morgan fingerprint density at radius 3 is 2.56 bits per heavy atom. The van der Waals surface area contributed by atoms with Crippen LogP contribution in [-0.2, 0) is 11.2 Å². The van der Waals surface area contributed by atoms with Crippen LogP contribution in [-0.4, -0.2) is 18.8 Å². The van der Waals surface area contributed by atoms with Crippen molar-refractivity contribution < 1.29 is 4.74 Å². The Bertz CT molecular complexity index is 372. The maximum atomic E-state index is 6.45. The van der Waals surface area contributed by atoms with Gasteiger partial charge in [-0.15, -0.1) is 11.3 Å². The molecule has 4 heteroatoms. The quantitative estimate of drug-likeness (QED) is 0.849. The molecule has 1 saturated carbocycles. The molecule has 1 unspecified atom stereocenters. The second-order valence-electron chi connectivity index (χ2n) is 5.19. The molecular weight excluding hydrogens is 266 g/mol. The summed E-state index contributed by atoms with van der Waals surface area (Å²) in [5, 5.41) is 2.87. The number of halogens is 1. The molecule has 2 N–H and O–H groups in total. The topological polar surface area (TPSA) is 35.2 Å². The lowest BCUT2D eigenvalue weighted by molar-refractivity contribution is -0.0428. The van der Waals surface area contributed by atoms with E-state index in [-0.39, 0.29) is 11.6 Å². The molecule has 0 aliphatic heterocycles. The van der Waals surface area contributed by atoms with Crippen molar-refractivity contribution in [2.75, 3.05) is 7.11 Å². The highest BCUT2D eigenvalue weighted by Crippen LogP contribution is 2.35. The molecular formula is C14H22ClNOS. The van der Waals surface area contributed by atoms with Crippen LogP contribution in [0.2, 0.25) is 5.02 Å². The minimum Gasteiger partial charge on any atom is -0.377 e. The Kier molecular flexibility index (Phi) is 5.07. The van der Waals surface area contributed by atoms with Crippen molar-refractivity contribution in [1.82, 2.24) is 0 Å². The van der Waals surface area contributed by atoms with Crippen molar-refractivity contribution in [3.8, 4) is 0 Å². The molecule has 102 valence electrons. The van der Waals surface area contributed by atoms with Crippen molar-refractivity contribution in [3.05, 3.63) is 21.3 Å². The van der Waals surface area contributed by atoms with Gasteiger partial charge in [0.15, 0.2) is 0 Å². The van der Waals surface area contributed by atoms with Gasteiger partial charge >= 0.3 is 0 Å². The van der Waals surface area contributed by atoms with E-state index in [1.54, 1.807) is 18.4 Å². The first kappa shape index (κ1) is 14.3. The molecule has 2 rings (SSSR count). The second-order valence-corrected chi connectivity index (χ2v) is 6.59. The fourth-order valence-electron chi connectivity index (χ4n) is 2.91. The molecule has 18 heavy (non-hydrogen) atoms. The van der Waals surface area contributed by atoms with Gasteiger partial charge in [-0.25, -0.2) is 0 Å². The van der Waals surface area contributed by atoms with Crippen LogP contribution >= 0.6 is 22.9 Å². The second kappa shape index (κ2) is 6.38. The molecule has 1 heterocycles. The summed E-state index contributed by atoms with van der Waals surface area (Å²) in [5.74, 6) is 0. The molecule has 0 spiro atoms. The zero-order valence-electron chi connectivity index (χ0n) is 11.0. The molecule has 0 radical (unpaired) electrons. The summed E-state index contributed by atoms with van der Waals surface area (Å²) in [7, 11) is 1.81. The predicted octanol–water partition coefficient (Wildman–Crippen LogP) is 4.01. The largest absolute Gasteiger partial charge is 0.377 e. The average Bonchev–Trinajstić information content (AvgIpc) is 2.66. The molecule has 0 bridgehead atoms. The minimum atomic E-state index is -0.149. The lowest BCUT2D eigenvalue weighted by atomic mass is 9.84. The molecule has 0 aromatic carbocycles. The Balaban J connectivity index is 2.08. The minimum absolute atomic E-state index is 0.0387. The van der Waals surface area contributed by atoms with Gasteiger partial charge in [0.25, 0.3) is 0 Å². The van der Waals surface area contributed by atoms with Crippen LogP contribution in [0.3, 0.4) is 0 Å². The van der Waals surface area contributed by atoms with Crippen LogP contribution in [0.25, 0.3) is 0 Å². The van der Waals surface area contributed by atoms with Crippen LogP contribution in [0.1, 0.15) is 43.4 Å². The van der Waals surface area contributed by atoms with E-state index in [1.807, 2.05) is 11.4 Å². The molecule has 1 aliphatic carbocycles. The van der Waals surface area contributed by atoms with Gasteiger partial charge in [0.1, 0.15) is 0 Å². The van der Waals surface area contributed by atoms with Gasteiger partial charge in [-0.2, -0.15) is 0 Å². The lowest BCUT2D eigenvalue weighted by Gasteiger charge is -2.37. The van der Waals surface area contributed by atoms with E-state index in [2.05, 4.69) is 0 Å². The van der Waals surface area contributed by atoms with E-state index in [4.69, 9.17) is 22.1 Å². The highest BCUT2D eigenvalue weighted by molar-refractivity contribution is 7.10. The highest BCUT2D eigenvalue weighted by atomic mass is 35.5. The number of ether oxygens (including phenoxy) is 1. The number of nitrogens with two attached hydrogens (primary N) is 1. The Morgan fingerprint density at radius 2 is 2.06 bits per heavy atom. The van der Waals surface area contributed by atoms with Crippen LogP contribution in [0, 0.1) is 0 Å². The van der Waals surface area contributed by atoms with Gasteiger partial charge in [0, 0.05) is 24.4 Å². The van der Waals surface area contributed by atoms with Crippen molar-refractivity contribution in [1.29, 1.82) is 0 Å². The van der Waals surface area contributed by atoms with Crippen molar-refractivity contribution >= 4 is 22.9 Å². The van der Waals surface area contributed by atoms with Crippen molar-refractivity contribution in [2.24, 2.45) is 5.73 Å². The molecule has 1 aromatic rings. The molecule has 1 atom stereocenters. The van der Waals surface area contributed by atoms with Gasteiger partial charge < -0.3 is 10.5 Å². The summed E-state index contributed by atoms with van der Waals surface area (Å²) in [5.41, 5.74) is 6.30. The fraction of sp³-hybridized carbons (Fsp3) is 0.714. The summed E-state index contributed by atoms with van der Waals surface area (Å²) < 4.78 is 5.85. The number of hydrogen-bond acceptors (Lipinski definition) is 3. The third kappa shape index (κ3) is 3.08. The monoisotopic (exact) mass is 287 g/mol. The molecule has 1 fully saturated rings. The summed E-state index contributed by atoms with van der Waals surface area (Å²) in [4.78, 5) is 1.19. The van der Waals surface area contributed by atoms with Crippen LogP contribution < -0.4 is 5.73 Å². The normalized spacial score (nSPS) is 21.5. The fourth-order valence-corrected chi connectivity index (χ4v) is 4.08. The predicted molar refractivity (Wildman–Crippen MR) is 78.5 cm³/mol. The van der Waals surface area contributed by atoms with E-state index >= 15 is 0 Å². The number of methoxy groups -OCH3 is 1. The number of rotatable bonds is 4. The molecule has 1 aliphatic rings. The third-order valence-electron chi connectivity index (χ3n) is 4.13. The Hall–Kier alpha value is -0.0900. The van der Waals surface area contributed by atoms with E-state index in [1.165, 1.54) is 30.6 Å². The standard InChI is InChI=1S/C14H22ClNOS/c1-17-14(7-4-2-3-5-8-14)13(16)10-12-11(15)6-9-18-12/h6,9,13H,2-5,7-8,10,16H2,1H3. The summed E-state index contributed by atoms with van der Waals surface area (Å²) in [6.45, 7) is 0. The van der Waals surface area contributed by atoms with Gasteiger partial charge in [-0.3, -0.25) is 0 Å². The van der Waals surface area contributed by atoms with Gasteiger partial charge in [-0.1, -0.05) is 37.3 Å². The molecule has 0 amide bonds. The van der Waals surface area contributed by atoms with Crippen LogP contribution in [0.15, 0.2) is 11.4 Å². The number of hydrogen-bond donors (Lipinski definition) is 1. The molecule has 2 nitrogen and oxygen atoms in total. The highest BCUT2D eigenvalue weighted by Gasteiger charge is 2.37. The first-order valence-corrected chi connectivity index (χ1v) is 7.96. The zero-order chi connectivity index (χ0) is 13.0. The molecule has 0 saturated heterocycles. The maximum absolute atomic E-state index is 6.45. The first-order chi connectivity index (χ1) is 8.68. The van der Waals surface area contributed by atoms with Gasteiger partial charge in [0.2, 0.25) is 0 Å². The third-order valence-corrected chi connectivity index (χ3v) is 5.54. The summed E-state index contributed by atoms with van der Waals surface area (Å²) in [6.07, 6.45) is 8.03. The number of thiophene rings is 1. The first-order valence-electron chi connectivity index (χ1n) is 6.70. The van der Waals surface area contributed by atoms with Gasteiger partial charge in [-0.05, 0) is 24.3 Å². The maximum Gasteiger partial charge on any atom is 0.0832 e.